The molecule has 0 amide bonds. The van der Waals surface area contributed by atoms with Crippen molar-refractivity contribution in [2.75, 3.05) is 4.72 Å². The number of aryl methyl sites for hydroxylation is 1. The number of rotatable bonds is 4. The lowest BCUT2D eigenvalue weighted by atomic mass is 10.2. The van der Waals surface area contributed by atoms with Crippen LogP contribution in [0, 0.1) is 6.92 Å². The first-order valence-electron chi connectivity index (χ1n) is 4.90. The lowest BCUT2D eigenvalue weighted by Gasteiger charge is -2.14. The number of phenols is 1. The third-order valence-corrected chi connectivity index (χ3v) is 3.13. The average Bonchev–Trinajstić information content (AvgIpc) is 2.09. The summed E-state index contributed by atoms with van der Waals surface area (Å²) in [4.78, 5) is 0. The van der Waals surface area contributed by atoms with E-state index < -0.39 is 10.2 Å². The molecule has 0 aliphatic carbocycles. The molecule has 0 spiro atoms. The third-order valence-electron chi connectivity index (χ3n) is 1.88. The van der Waals surface area contributed by atoms with E-state index in [0.717, 1.165) is 0 Å². The number of phenolic OH excluding ortho intramolecular Hbond substituents is 1. The third kappa shape index (κ3) is 3.39. The quantitative estimate of drug-likeness (QED) is 0.700. The van der Waals surface area contributed by atoms with Crippen LogP contribution < -0.4 is 9.44 Å². The smallest absolute Gasteiger partial charge is 0.299 e. The van der Waals surface area contributed by atoms with Crippen molar-refractivity contribution in [3.05, 3.63) is 23.8 Å². The standard InChI is InChI=1S/C10H16N2O3S/c1-7(2)11-16(14,15)12-10-8(3)5-4-6-9(10)13/h4-7,11-13H,1-3H3. The van der Waals surface area contributed by atoms with E-state index >= 15 is 0 Å². The summed E-state index contributed by atoms with van der Waals surface area (Å²) in [5.41, 5.74) is 0.866. The van der Waals surface area contributed by atoms with Crippen LogP contribution in [0.5, 0.6) is 5.75 Å². The van der Waals surface area contributed by atoms with Gasteiger partial charge in [-0.2, -0.15) is 13.1 Å². The Labute approximate surface area is 95.7 Å². The normalized spacial score (nSPS) is 11.8. The van der Waals surface area contributed by atoms with E-state index in [-0.39, 0.29) is 17.5 Å². The van der Waals surface area contributed by atoms with Gasteiger partial charge in [0.15, 0.2) is 0 Å². The first-order valence-corrected chi connectivity index (χ1v) is 6.39. The molecule has 0 unspecified atom stereocenters. The molecule has 6 heteroatoms. The summed E-state index contributed by atoms with van der Waals surface area (Å²) >= 11 is 0. The van der Waals surface area contributed by atoms with Gasteiger partial charge in [-0.1, -0.05) is 12.1 Å². The molecule has 90 valence electrons. The van der Waals surface area contributed by atoms with E-state index in [2.05, 4.69) is 9.44 Å². The topological polar surface area (TPSA) is 78.4 Å². The van der Waals surface area contributed by atoms with Crippen molar-refractivity contribution in [3.63, 3.8) is 0 Å². The van der Waals surface area contributed by atoms with Crippen LogP contribution in [0.1, 0.15) is 19.4 Å². The summed E-state index contributed by atoms with van der Waals surface area (Å²) in [5, 5.41) is 9.53. The number of para-hydroxylation sites is 1. The minimum Gasteiger partial charge on any atom is -0.506 e. The van der Waals surface area contributed by atoms with E-state index in [4.69, 9.17) is 0 Å². The molecule has 0 heterocycles. The van der Waals surface area contributed by atoms with E-state index in [1.54, 1.807) is 32.9 Å². The van der Waals surface area contributed by atoms with Crippen molar-refractivity contribution in [2.45, 2.75) is 26.8 Å². The van der Waals surface area contributed by atoms with Crippen molar-refractivity contribution in [1.82, 2.24) is 4.72 Å². The van der Waals surface area contributed by atoms with Gasteiger partial charge in [-0.05, 0) is 32.4 Å². The fraction of sp³-hybridized carbons (Fsp3) is 0.400. The lowest BCUT2D eigenvalue weighted by molar-refractivity contribution is 0.477. The van der Waals surface area contributed by atoms with Crippen LogP contribution in [0.2, 0.25) is 0 Å². The van der Waals surface area contributed by atoms with Gasteiger partial charge < -0.3 is 5.11 Å². The fourth-order valence-corrected chi connectivity index (χ4v) is 2.47. The van der Waals surface area contributed by atoms with Gasteiger partial charge in [-0.25, -0.2) is 0 Å². The Kier molecular flexibility index (Phi) is 3.77. The maximum absolute atomic E-state index is 11.6. The van der Waals surface area contributed by atoms with E-state index in [0.29, 0.717) is 5.56 Å². The molecule has 0 saturated carbocycles. The Morgan fingerprint density at radius 1 is 1.31 bits per heavy atom. The molecule has 3 N–H and O–H groups in total. The van der Waals surface area contributed by atoms with E-state index in [1.165, 1.54) is 6.07 Å². The number of hydrogen-bond acceptors (Lipinski definition) is 3. The molecule has 0 bridgehead atoms. The van der Waals surface area contributed by atoms with Gasteiger partial charge in [0.25, 0.3) is 10.2 Å². The minimum atomic E-state index is -3.64. The predicted octanol–water partition coefficient (Wildman–Crippen LogP) is 1.36. The highest BCUT2D eigenvalue weighted by Gasteiger charge is 2.14. The molecular weight excluding hydrogens is 228 g/mol. The first-order chi connectivity index (χ1) is 7.32. The maximum atomic E-state index is 11.6. The highest BCUT2D eigenvalue weighted by molar-refractivity contribution is 7.90. The number of hydrogen-bond donors (Lipinski definition) is 3. The van der Waals surface area contributed by atoms with Crippen LogP contribution in [0.15, 0.2) is 18.2 Å². The van der Waals surface area contributed by atoms with Gasteiger partial charge in [-0.3, -0.25) is 4.72 Å². The summed E-state index contributed by atoms with van der Waals surface area (Å²) in [6, 6.07) is 4.59. The summed E-state index contributed by atoms with van der Waals surface area (Å²) in [6.07, 6.45) is 0. The monoisotopic (exact) mass is 244 g/mol. The summed E-state index contributed by atoms with van der Waals surface area (Å²) in [7, 11) is -3.64. The van der Waals surface area contributed by atoms with Gasteiger partial charge in [0.05, 0.1) is 5.69 Å². The molecule has 0 fully saturated rings. The predicted molar refractivity (Wildman–Crippen MR) is 63.7 cm³/mol. The second-order valence-electron chi connectivity index (χ2n) is 3.85. The van der Waals surface area contributed by atoms with Gasteiger partial charge in [0.2, 0.25) is 0 Å². The zero-order chi connectivity index (χ0) is 12.3. The lowest BCUT2D eigenvalue weighted by Crippen LogP contribution is -2.35. The largest absolute Gasteiger partial charge is 0.506 e. The van der Waals surface area contributed by atoms with Crippen molar-refractivity contribution in [1.29, 1.82) is 0 Å². The molecule has 1 aromatic rings. The molecule has 0 saturated heterocycles. The minimum absolute atomic E-state index is 0.0888. The van der Waals surface area contributed by atoms with Crippen molar-refractivity contribution >= 4 is 15.9 Å². The Morgan fingerprint density at radius 3 is 2.44 bits per heavy atom. The molecular formula is C10H16N2O3S. The van der Waals surface area contributed by atoms with Crippen LogP contribution in [-0.2, 0) is 10.2 Å². The summed E-state index contributed by atoms with van der Waals surface area (Å²) in [5.74, 6) is -0.0888. The number of benzene rings is 1. The Bertz CT molecular complexity index is 449. The molecule has 0 aromatic heterocycles. The van der Waals surface area contributed by atoms with Crippen molar-refractivity contribution < 1.29 is 13.5 Å². The number of aromatic hydroxyl groups is 1. The number of anilines is 1. The number of nitrogens with one attached hydrogen (secondary N) is 2. The zero-order valence-corrected chi connectivity index (χ0v) is 10.3. The second-order valence-corrected chi connectivity index (χ2v) is 5.29. The van der Waals surface area contributed by atoms with Gasteiger partial charge >= 0.3 is 0 Å². The average molecular weight is 244 g/mol. The molecule has 0 aliphatic heterocycles. The SMILES string of the molecule is Cc1cccc(O)c1NS(=O)(=O)NC(C)C. The van der Waals surface area contributed by atoms with Gasteiger partial charge in [-0.15, -0.1) is 0 Å². The van der Waals surface area contributed by atoms with Crippen LogP contribution in [-0.4, -0.2) is 19.6 Å². The van der Waals surface area contributed by atoms with E-state index in [9.17, 15) is 13.5 Å². The van der Waals surface area contributed by atoms with Crippen LogP contribution in [0.4, 0.5) is 5.69 Å². The summed E-state index contributed by atoms with van der Waals surface area (Å²) in [6.45, 7) is 5.15. The fourth-order valence-electron chi connectivity index (χ4n) is 1.26. The molecule has 1 aromatic carbocycles. The highest BCUT2D eigenvalue weighted by Crippen LogP contribution is 2.27. The van der Waals surface area contributed by atoms with Gasteiger partial charge in [0, 0.05) is 6.04 Å². The Morgan fingerprint density at radius 2 is 1.94 bits per heavy atom. The zero-order valence-electron chi connectivity index (χ0n) is 9.48. The summed E-state index contributed by atoms with van der Waals surface area (Å²) < 4.78 is 27.8. The van der Waals surface area contributed by atoms with Crippen LogP contribution >= 0.6 is 0 Å². The molecule has 0 atom stereocenters. The molecule has 0 radical (unpaired) electrons. The van der Waals surface area contributed by atoms with Crippen LogP contribution in [0.3, 0.4) is 0 Å². The van der Waals surface area contributed by atoms with Crippen molar-refractivity contribution in [3.8, 4) is 5.75 Å². The van der Waals surface area contributed by atoms with Crippen LogP contribution in [0.25, 0.3) is 0 Å². The maximum Gasteiger partial charge on any atom is 0.299 e. The van der Waals surface area contributed by atoms with E-state index in [1.807, 2.05) is 0 Å². The molecule has 0 aliphatic rings. The molecule has 1 rings (SSSR count). The molecule has 16 heavy (non-hydrogen) atoms. The molecule has 5 nitrogen and oxygen atoms in total. The Hall–Kier alpha value is -1.27. The highest BCUT2D eigenvalue weighted by atomic mass is 32.2. The van der Waals surface area contributed by atoms with Gasteiger partial charge in [0.1, 0.15) is 5.75 Å². The first kappa shape index (κ1) is 12.8. The Balaban J connectivity index is 2.97. The van der Waals surface area contributed by atoms with Crippen molar-refractivity contribution in [2.24, 2.45) is 0 Å². The second kappa shape index (κ2) is 4.71.